The first-order valence-corrected chi connectivity index (χ1v) is 7.57. The van der Waals surface area contributed by atoms with Gasteiger partial charge in [-0.05, 0) is 50.3 Å². The van der Waals surface area contributed by atoms with Crippen LogP contribution in [0, 0.1) is 32.6 Å². The zero-order chi connectivity index (χ0) is 13.8. The van der Waals surface area contributed by atoms with Crippen LogP contribution in [0.1, 0.15) is 27.8 Å². The lowest BCUT2D eigenvalue weighted by Gasteiger charge is -2.05. The molecule has 2 rings (SSSR count). The molecule has 2 aromatic rings. The van der Waals surface area contributed by atoms with E-state index in [4.69, 9.17) is 0 Å². The van der Waals surface area contributed by atoms with Gasteiger partial charge < -0.3 is 0 Å². The third kappa shape index (κ3) is 3.22. The van der Waals surface area contributed by atoms with Crippen LogP contribution in [0.3, 0.4) is 0 Å². The van der Waals surface area contributed by atoms with Crippen LogP contribution in [0.4, 0.5) is 0 Å². The van der Waals surface area contributed by atoms with Crippen LogP contribution < -0.4 is 0 Å². The van der Waals surface area contributed by atoms with E-state index in [1.165, 1.54) is 21.6 Å². The Morgan fingerprint density at radius 2 is 1.53 bits per heavy atom. The van der Waals surface area contributed by atoms with Crippen molar-refractivity contribution in [3.05, 3.63) is 64.2 Å². The first kappa shape index (κ1) is 13.8. The standard InChI is InChI=1S/C18H18S/c1-13-11-14(2)17(15(3)12-13)10-9-16-7-5-6-8-18(16)19-4/h5-8,11-12H,1-4H3. The van der Waals surface area contributed by atoms with Crippen molar-refractivity contribution in [3.8, 4) is 11.8 Å². The molecule has 0 fully saturated rings. The molecule has 0 N–H and O–H groups in total. The van der Waals surface area contributed by atoms with Crippen molar-refractivity contribution < 1.29 is 0 Å². The SMILES string of the molecule is CSc1ccccc1C#Cc1c(C)cc(C)cc1C. The maximum atomic E-state index is 3.34. The van der Waals surface area contributed by atoms with E-state index in [2.05, 4.69) is 69.2 Å². The molecule has 0 spiro atoms. The first-order valence-electron chi connectivity index (χ1n) is 6.34. The van der Waals surface area contributed by atoms with Crippen molar-refractivity contribution in [2.45, 2.75) is 25.7 Å². The highest BCUT2D eigenvalue weighted by Gasteiger charge is 2.01. The molecule has 0 amide bonds. The summed E-state index contributed by atoms with van der Waals surface area (Å²) in [5, 5.41) is 0. The van der Waals surface area contributed by atoms with Gasteiger partial charge in [0.2, 0.25) is 0 Å². The summed E-state index contributed by atoms with van der Waals surface area (Å²) in [4.78, 5) is 1.23. The number of hydrogen-bond donors (Lipinski definition) is 0. The van der Waals surface area contributed by atoms with Crippen molar-refractivity contribution in [1.82, 2.24) is 0 Å². The Bertz CT molecular complexity index is 634. The molecule has 1 heteroatoms. The molecular formula is C18H18S. The molecule has 0 aromatic heterocycles. The molecule has 2 aromatic carbocycles. The summed E-state index contributed by atoms with van der Waals surface area (Å²) >= 11 is 1.74. The van der Waals surface area contributed by atoms with Crippen molar-refractivity contribution in [1.29, 1.82) is 0 Å². The highest BCUT2D eigenvalue weighted by Crippen LogP contribution is 2.20. The van der Waals surface area contributed by atoms with E-state index in [1.807, 2.05) is 6.07 Å². The van der Waals surface area contributed by atoms with Gasteiger partial charge in [-0.3, -0.25) is 0 Å². The smallest absolute Gasteiger partial charge is 0.0384 e. The molecule has 0 heterocycles. The van der Waals surface area contributed by atoms with Gasteiger partial charge in [0.05, 0.1) is 0 Å². The Morgan fingerprint density at radius 3 is 2.16 bits per heavy atom. The topological polar surface area (TPSA) is 0 Å². The molecule has 0 aliphatic rings. The number of aryl methyl sites for hydroxylation is 3. The molecular weight excluding hydrogens is 248 g/mol. The molecule has 0 atom stereocenters. The average molecular weight is 266 g/mol. The largest absolute Gasteiger partial charge is 0.128 e. The van der Waals surface area contributed by atoms with E-state index in [0.717, 1.165) is 11.1 Å². The average Bonchev–Trinajstić information content (AvgIpc) is 2.38. The quantitative estimate of drug-likeness (QED) is 0.531. The summed E-state index contributed by atoms with van der Waals surface area (Å²) in [5.41, 5.74) is 6.07. The Labute approximate surface area is 120 Å². The van der Waals surface area contributed by atoms with Gasteiger partial charge in [-0.1, -0.05) is 41.7 Å². The van der Waals surface area contributed by atoms with Crippen molar-refractivity contribution in [2.24, 2.45) is 0 Å². The third-order valence-corrected chi connectivity index (χ3v) is 3.90. The second-order valence-electron chi connectivity index (χ2n) is 4.72. The molecule has 0 saturated carbocycles. The minimum absolute atomic E-state index is 1.11. The summed E-state index contributed by atoms with van der Waals surface area (Å²) in [5.74, 6) is 6.65. The Hall–Kier alpha value is -1.65. The summed E-state index contributed by atoms with van der Waals surface area (Å²) in [6, 6.07) is 12.7. The van der Waals surface area contributed by atoms with E-state index in [1.54, 1.807) is 11.8 Å². The molecule has 0 bridgehead atoms. The van der Waals surface area contributed by atoms with Crippen LogP contribution in [-0.2, 0) is 0 Å². The van der Waals surface area contributed by atoms with E-state index >= 15 is 0 Å². The summed E-state index contributed by atoms with van der Waals surface area (Å²) in [6.07, 6.45) is 2.09. The monoisotopic (exact) mass is 266 g/mol. The van der Waals surface area contributed by atoms with Gasteiger partial charge in [0.15, 0.2) is 0 Å². The fourth-order valence-electron chi connectivity index (χ4n) is 2.25. The summed E-state index contributed by atoms with van der Waals surface area (Å²) in [6.45, 7) is 6.38. The second kappa shape index (κ2) is 5.99. The third-order valence-electron chi connectivity index (χ3n) is 3.11. The van der Waals surface area contributed by atoms with Crippen LogP contribution in [-0.4, -0.2) is 6.26 Å². The molecule has 19 heavy (non-hydrogen) atoms. The summed E-state index contributed by atoms with van der Waals surface area (Å²) in [7, 11) is 0. The van der Waals surface area contributed by atoms with Gasteiger partial charge >= 0.3 is 0 Å². The fraction of sp³-hybridized carbons (Fsp3) is 0.222. The highest BCUT2D eigenvalue weighted by atomic mass is 32.2. The molecule has 0 unspecified atom stereocenters. The maximum Gasteiger partial charge on any atom is 0.0384 e. The van der Waals surface area contributed by atoms with Gasteiger partial charge in [-0.2, -0.15) is 0 Å². The normalized spacial score (nSPS) is 9.89. The lowest BCUT2D eigenvalue weighted by molar-refractivity contribution is 1.29. The van der Waals surface area contributed by atoms with Crippen LogP contribution in [0.25, 0.3) is 0 Å². The van der Waals surface area contributed by atoms with E-state index in [-0.39, 0.29) is 0 Å². The van der Waals surface area contributed by atoms with Gasteiger partial charge in [0.1, 0.15) is 0 Å². The number of hydrogen-bond acceptors (Lipinski definition) is 1. The number of benzene rings is 2. The lowest BCUT2D eigenvalue weighted by atomic mass is 10.00. The number of rotatable bonds is 1. The van der Waals surface area contributed by atoms with Gasteiger partial charge in [0.25, 0.3) is 0 Å². The summed E-state index contributed by atoms with van der Waals surface area (Å²) < 4.78 is 0. The predicted molar refractivity (Wildman–Crippen MR) is 84.9 cm³/mol. The first-order chi connectivity index (χ1) is 9.11. The fourth-order valence-corrected chi connectivity index (χ4v) is 2.81. The van der Waals surface area contributed by atoms with Gasteiger partial charge in [-0.25, -0.2) is 0 Å². The molecule has 0 nitrogen and oxygen atoms in total. The lowest BCUT2D eigenvalue weighted by Crippen LogP contribution is -1.90. The van der Waals surface area contributed by atoms with E-state index in [0.29, 0.717) is 0 Å². The number of thioether (sulfide) groups is 1. The predicted octanol–water partition coefficient (Wildman–Crippen LogP) is 4.73. The van der Waals surface area contributed by atoms with Crippen LogP contribution in [0.2, 0.25) is 0 Å². The molecule has 96 valence electrons. The second-order valence-corrected chi connectivity index (χ2v) is 5.57. The van der Waals surface area contributed by atoms with Crippen molar-refractivity contribution in [3.63, 3.8) is 0 Å². The van der Waals surface area contributed by atoms with Crippen molar-refractivity contribution >= 4 is 11.8 Å². The van der Waals surface area contributed by atoms with Crippen LogP contribution in [0.15, 0.2) is 41.3 Å². The minimum Gasteiger partial charge on any atom is -0.128 e. The zero-order valence-electron chi connectivity index (χ0n) is 11.9. The van der Waals surface area contributed by atoms with Gasteiger partial charge in [-0.15, -0.1) is 11.8 Å². The Morgan fingerprint density at radius 1 is 0.895 bits per heavy atom. The molecule has 0 aliphatic carbocycles. The zero-order valence-corrected chi connectivity index (χ0v) is 12.7. The minimum atomic E-state index is 1.11. The van der Waals surface area contributed by atoms with E-state index < -0.39 is 0 Å². The van der Waals surface area contributed by atoms with E-state index in [9.17, 15) is 0 Å². The highest BCUT2D eigenvalue weighted by molar-refractivity contribution is 7.98. The maximum absolute atomic E-state index is 3.34. The molecule has 0 aliphatic heterocycles. The van der Waals surface area contributed by atoms with Crippen LogP contribution in [0.5, 0.6) is 0 Å². The van der Waals surface area contributed by atoms with Gasteiger partial charge in [0, 0.05) is 16.0 Å². The van der Waals surface area contributed by atoms with Crippen LogP contribution >= 0.6 is 11.8 Å². The van der Waals surface area contributed by atoms with Crippen molar-refractivity contribution in [2.75, 3.05) is 6.26 Å². The Balaban J connectivity index is 2.45. The molecule has 0 radical (unpaired) electrons. The Kier molecular flexibility index (Phi) is 4.35. The molecule has 0 saturated heterocycles.